The molecule has 6 aromatic carbocycles. The van der Waals surface area contributed by atoms with Gasteiger partial charge in [-0.2, -0.15) is 0 Å². The van der Waals surface area contributed by atoms with Gasteiger partial charge in [0.15, 0.2) is 21.4 Å². The Kier molecular flexibility index (Phi) is 16.7. The molecule has 257 valence electrons. The van der Waals surface area contributed by atoms with Gasteiger partial charge in [-0.05, 0) is 0 Å². The average Bonchev–Trinajstić information content (AvgIpc) is 3.67. The second-order valence-corrected chi connectivity index (χ2v) is 46.1. The number of benzene rings is 6. The third-order valence-electron chi connectivity index (χ3n) is 8.23. The summed E-state index contributed by atoms with van der Waals surface area (Å²) in [5.74, 6) is 0. The summed E-state index contributed by atoms with van der Waals surface area (Å²) in [6.07, 6.45) is 0. The van der Waals surface area contributed by atoms with Gasteiger partial charge in [-0.25, -0.2) is 0 Å². The first-order valence-corrected chi connectivity index (χ1v) is 35.3. The van der Waals surface area contributed by atoms with Crippen LogP contribution in [0.25, 0.3) is 0 Å². The molecule has 1 aliphatic rings. The Morgan fingerprint density at radius 2 is 0.627 bits per heavy atom. The molecule has 0 amide bonds. The van der Waals surface area contributed by atoms with Crippen molar-refractivity contribution in [1.29, 1.82) is 0 Å². The van der Waals surface area contributed by atoms with Gasteiger partial charge in [0, 0.05) is 31.8 Å². The van der Waals surface area contributed by atoms with Crippen molar-refractivity contribution in [2.45, 2.75) is 5.14 Å². The Balaban J connectivity index is 0.000000662. The number of halogens is 2. The third kappa shape index (κ3) is 9.23. The van der Waals surface area contributed by atoms with E-state index < -0.39 is 26.6 Å². The van der Waals surface area contributed by atoms with Gasteiger partial charge in [0.25, 0.3) is 0 Å². The molecule has 1 unspecified atom stereocenters. The SMILES string of the molecule is Cl.Cl.O=P(c1ccccc1)(c1ccccc1)C(P(=O)(c1ccccc1)c1ccccc1)P(=O)(c1ccccc1)c1ccccc1.[Zr][C]1=C[AsH][As]=[As]1. The molecule has 0 bridgehead atoms. The van der Waals surface area contributed by atoms with Gasteiger partial charge in [0.2, 0.25) is 0 Å². The fourth-order valence-electron chi connectivity index (χ4n) is 6.03. The molecular formula is C39H35As3Cl2O3P3Zr. The molecule has 0 aromatic heterocycles. The zero-order valence-corrected chi connectivity index (χ0v) is 39.9. The monoisotopic (exact) mass is 1030 g/mol. The van der Waals surface area contributed by atoms with Crippen LogP contribution in [0.4, 0.5) is 0 Å². The Bertz CT molecular complexity index is 1840. The summed E-state index contributed by atoms with van der Waals surface area (Å²) in [5.41, 5.74) is 0. The molecule has 0 aliphatic carbocycles. The Hall–Kier alpha value is -1.11. The first-order chi connectivity index (χ1) is 23.9. The van der Waals surface area contributed by atoms with E-state index in [2.05, 4.69) is 4.86 Å². The molecule has 12 heteroatoms. The van der Waals surface area contributed by atoms with E-state index in [1.165, 1.54) is 0 Å². The second-order valence-electron chi connectivity index (χ2n) is 11.2. The molecular weight excluding hydrogens is 996 g/mol. The van der Waals surface area contributed by atoms with Gasteiger partial charge in [-0.15, -0.1) is 24.8 Å². The Morgan fingerprint density at radius 3 is 0.765 bits per heavy atom. The van der Waals surface area contributed by atoms with Crippen LogP contribution in [0.3, 0.4) is 0 Å². The van der Waals surface area contributed by atoms with Crippen LogP contribution in [0.1, 0.15) is 0 Å². The summed E-state index contributed by atoms with van der Waals surface area (Å²) < 4.78 is 51.5. The maximum atomic E-state index is 16.6. The van der Waals surface area contributed by atoms with Gasteiger partial charge in [-0.1, -0.05) is 182 Å². The van der Waals surface area contributed by atoms with E-state index in [9.17, 15) is 0 Å². The molecule has 1 aliphatic heterocycles. The molecule has 1 heterocycles. The van der Waals surface area contributed by atoms with Crippen molar-refractivity contribution in [1.82, 2.24) is 0 Å². The molecule has 0 fully saturated rings. The Morgan fingerprint density at radius 1 is 0.412 bits per heavy atom. The maximum absolute atomic E-state index is 16.6. The predicted octanol–water partition coefficient (Wildman–Crippen LogP) is 7.18. The molecule has 7 rings (SSSR count). The van der Waals surface area contributed by atoms with Crippen molar-refractivity contribution >= 4 is 116 Å². The van der Waals surface area contributed by atoms with Crippen molar-refractivity contribution in [2.24, 2.45) is 0 Å². The summed E-state index contributed by atoms with van der Waals surface area (Å²) in [5, 5.41) is 1.80. The van der Waals surface area contributed by atoms with E-state index in [0.717, 1.165) is 24.2 Å². The minimum atomic E-state index is -3.97. The van der Waals surface area contributed by atoms with Crippen molar-refractivity contribution in [2.75, 3.05) is 0 Å². The Labute approximate surface area is 344 Å². The predicted molar refractivity (Wildman–Crippen MR) is 224 cm³/mol. The fourth-order valence-corrected chi connectivity index (χ4v) is 68.5. The van der Waals surface area contributed by atoms with Crippen molar-refractivity contribution < 1.29 is 38.4 Å². The van der Waals surface area contributed by atoms with E-state index in [-0.39, 0.29) is 24.8 Å². The summed E-state index contributed by atoms with van der Waals surface area (Å²) in [7, 11) is -11.9. The first-order valence-electron chi connectivity index (χ1n) is 15.6. The molecule has 0 N–H and O–H groups in total. The van der Waals surface area contributed by atoms with E-state index in [1.807, 2.05) is 184 Å². The van der Waals surface area contributed by atoms with Crippen molar-refractivity contribution in [3.8, 4) is 0 Å². The minimum absolute atomic E-state index is 0. The topological polar surface area (TPSA) is 51.2 Å². The summed E-state index contributed by atoms with van der Waals surface area (Å²) >= 11 is 4.13. The van der Waals surface area contributed by atoms with Gasteiger partial charge in [0.1, 0.15) is 5.14 Å². The van der Waals surface area contributed by atoms with Crippen LogP contribution in [0.2, 0.25) is 0 Å². The zero-order valence-electron chi connectivity index (χ0n) is 27.3. The van der Waals surface area contributed by atoms with E-state index in [0.29, 0.717) is 45.5 Å². The molecule has 0 saturated carbocycles. The van der Waals surface area contributed by atoms with E-state index in [4.69, 9.17) is 0 Å². The van der Waals surface area contributed by atoms with Gasteiger partial charge in [-0.3, -0.25) is 0 Å². The zero-order chi connectivity index (χ0) is 34.2. The van der Waals surface area contributed by atoms with Crippen LogP contribution < -0.4 is 31.8 Å². The summed E-state index contributed by atoms with van der Waals surface area (Å²) in [6, 6.07) is 55.2. The molecule has 6 aromatic rings. The normalized spacial score (nSPS) is 13.5. The van der Waals surface area contributed by atoms with E-state index >= 15 is 13.7 Å². The van der Waals surface area contributed by atoms with Crippen molar-refractivity contribution in [3.63, 3.8) is 0 Å². The number of rotatable bonds is 9. The van der Waals surface area contributed by atoms with Crippen LogP contribution in [-0.4, -0.2) is 43.0 Å². The molecule has 0 spiro atoms. The van der Waals surface area contributed by atoms with Crippen molar-refractivity contribution in [3.05, 3.63) is 189 Å². The molecule has 51 heavy (non-hydrogen) atoms. The van der Waals surface area contributed by atoms with Crippen LogP contribution in [0.15, 0.2) is 189 Å². The fraction of sp³-hybridized carbons (Fsp3) is 0.0256. The quantitative estimate of drug-likeness (QED) is 0.114. The molecule has 1 atom stereocenters. The van der Waals surface area contributed by atoms with E-state index in [1.54, 1.807) is 24.7 Å². The van der Waals surface area contributed by atoms with Crippen LogP contribution in [0.5, 0.6) is 0 Å². The van der Waals surface area contributed by atoms with Gasteiger partial charge >= 0.3 is 69.5 Å². The summed E-state index contributed by atoms with van der Waals surface area (Å²) in [4.78, 5) is 2.57. The standard InChI is InChI=1S/C37H31O3P3.C2H2As3.2ClH.Zr/c38-41(31-19-7-1-8-20-31,32-21-9-2-10-22-32)37(42(39,33-23-11-3-12-24-33)34-25-13-4-14-26-34)43(40,35-27-15-5-16-28-35)36-29-17-6-18-30-36;1-2-4-5-3-1;;;/h1-30,37H;1,3H;2*1H;. The number of hydrogen-bond donors (Lipinski definition) is 0. The molecule has 3 nitrogen and oxygen atoms in total. The second kappa shape index (κ2) is 20.0. The third-order valence-corrected chi connectivity index (χ3v) is 52.4. The van der Waals surface area contributed by atoms with Crippen LogP contribution >= 0.6 is 46.2 Å². The molecule has 0 radical (unpaired) electrons. The van der Waals surface area contributed by atoms with Gasteiger partial charge < -0.3 is 13.7 Å². The first kappa shape index (κ1) is 42.6. The summed E-state index contributed by atoms with van der Waals surface area (Å²) in [6.45, 7) is 0. The molecule has 0 saturated heterocycles. The van der Waals surface area contributed by atoms with Crippen LogP contribution in [-0.2, 0) is 38.4 Å². The average molecular weight is 1030 g/mol. The number of hydrogen-bond acceptors (Lipinski definition) is 3. The van der Waals surface area contributed by atoms with Crippen LogP contribution in [0, 0.1) is 0 Å². The van der Waals surface area contributed by atoms with Gasteiger partial charge in [0.05, 0.1) is 0 Å².